The SMILES string of the molecule is c1ccc(N2CCCCC2)c(OCc2cnsn2)c1. The second-order valence-corrected chi connectivity index (χ2v) is 5.26. The molecule has 1 aromatic carbocycles. The summed E-state index contributed by atoms with van der Waals surface area (Å²) in [5.41, 5.74) is 2.09. The van der Waals surface area contributed by atoms with E-state index in [1.54, 1.807) is 6.20 Å². The van der Waals surface area contributed by atoms with Crippen molar-refractivity contribution in [1.82, 2.24) is 8.75 Å². The highest BCUT2D eigenvalue weighted by Gasteiger charge is 2.15. The standard InChI is InChI=1S/C14H17N3OS/c1-4-8-17(9-5-1)13-6-2-3-7-14(13)18-11-12-10-15-19-16-12/h2-3,6-7,10H,1,4-5,8-9,11H2. The highest BCUT2D eigenvalue weighted by atomic mass is 32.1. The van der Waals surface area contributed by atoms with Gasteiger partial charge < -0.3 is 9.64 Å². The Morgan fingerprint density at radius 2 is 2.00 bits per heavy atom. The minimum atomic E-state index is 0.487. The van der Waals surface area contributed by atoms with E-state index in [4.69, 9.17) is 4.74 Å². The molecule has 0 N–H and O–H groups in total. The van der Waals surface area contributed by atoms with E-state index >= 15 is 0 Å². The minimum Gasteiger partial charge on any atom is -0.485 e. The Bertz CT molecular complexity index is 509. The van der Waals surface area contributed by atoms with Crippen LogP contribution in [0.15, 0.2) is 30.5 Å². The lowest BCUT2D eigenvalue weighted by Gasteiger charge is -2.30. The Hall–Kier alpha value is -1.62. The zero-order valence-corrected chi connectivity index (χ0v) is 11.6. The van der Waals surface area contributed by atoms with Gasteiger partial charge in [-0.05, 0) is 31.4 Å². The number of benzene rings is 1. The van der Waals surface area contributed by atoms with Crippen molar-refractivity contribution < 1.29 is 4.74 Å². The molecule has 1 aromatic heterocycles. The molecule has 0 unspecified atom stereocenters. The molecule has 2 aromatic rings. The molecule has 5 heteroatoms. The molecule has 1 aliphatic heterocycles. The minimum absolute atomic E-state index is 0.487. The van der Waals surface area contributed by atoms with Crippen LogP contribution in [0.25, 0.3) is 0 Å². The lowest BCUT2D eigenvalue weighted by molar-refractivity contribution is 0.302. The number of piperidine rings is 1. The highest BCUT2D eigenvalue weighted by molar-refractivity contribution is 6.99. The van der Waals surface area contributed by atoms with Crippen LogP contribution in [0.3, 0.4) is 0 Å². The van der Waals surface area contributed by atoms with Crippen molar-refractivity contribution in [2.24, 2.45) is 0 Å². The van der Waals surface area contributed by atoms with Crippen LogP contribution >= 0.6 is 11.7 Å². The van der Waals surface area contributed by atoms with Crippen molar-refractivity contribution in [1.29, 1.82) is 0 Å². The molecule has 2 heterocycles. The Kier molecular flexibility index (Phi) is 3.93. The molecule has 3 rings (SSSR count). The summed E-state index contributed by atoms with van der Waals surface area (Å²) in [4.78, 5) is 2.41. The summed E-state index contributed by atoms with van der Waals surface area (Å²) in [6.45, 7) is 2.73. The lowest BCUT2D eigenvalue weighted by Crippen LogP contribution is -2.29. The van der Waals surface area contributed by atoms with Gasteiger partial charge in [0.2, 0.25) is 0 Å². The van der Waals surface area contributed by atoms with Gasteiger partial charge in [-0.3, -0.25) is 0 Å². The monoisotopic (exact) mass is 275 g/mol. The maximum atomic E-state index is 5.90. The normalized spacial score (nSPS) is 15.5. The zero-order chi connectivity index (χ0) is 12.9. The second kappa shape index (κ2) is 6.02. The molecule has 0 saturated carbocycles. The molecular formula is C14H17N3OS. The van der Waals surface area contributed by atoms with E-state index in [-0.39, 0.29) is 0 Å². The molecule has 1 saturated heterocycles. The van der Waals surface area contributed by atoms with E-state index in [0.29, 0.717) is 6.61 Å². The third-order valence-electron chi connectivity index (χ3n) is 3.34. The fourth-order valence-corrected chi connectivity index (χ4v) is 2.80. The van der Waals surface area contributed by atoms with Crippen LogP contribution in [0.5, 0.6) is 5.75 Å². The summed E-state index contributed by atoms with van der Waals surface area (Å²) in [6, 6.07) is 8.26. The van der Waals surface area contributed by atoms with Crippen LogP contribution in [0.4, 0.5) is 5.69 Å². The first-order chi connectivity index (χ1) is 9.43. The fourth-order valence-electron chi connectivity index (χ4n) is 2.37. The van der Waals surface area contributed by atoms with Crippen LogP contribution < -0.4 is 9.64 Å². The summed E-state index contributed by atoms with van der Waals surface area (Å²) in [5.74, 6) is 0.942. The van der Waals surface area contributed by atoms with Crippen LogP contribution in [0.1, 0.15) is 25.0 Å². The number of aromatic nitrogens is 2. The predicted octanol–water partition coefficient (Wildman–Crippen LogP) is 3.11. The van der Waals surface area contributed by atoms with E-state index < -0.39 is 0 Å². The molecule has 100 valence electrons. The van der Waals surface area contributed by atoms with Crippen molar-refractivity contribution in [3.8, 4) is 5.75 Å². The largest absolute Gasteiger partial charge is 0.485 e. The first-order valence-corrected chi connectivity index (χ1v) is 7.40. The first-order valence-electron chi connectivity index (χ1n) is 6.67. The van der Waals surface area contributed by atoms with Gasteiger partial charge in [-0.25, -0.2) is 0 Å². The van der Waals surface area contributed by atoms with Gasteiger partial charge in [0, 0.05) is 13.1 Å². The molecule has 19 heavy (non-hydrogen) atoms. The Morgan fingerprint density at radius 1 is 1.16 bits per heavy atom. The predicted molar refractivity (Wildman–Crippen MR) is 76.7 cm³/mol. The Morgan fingerprint density at radius 3 is 2.79 bits per heavy atom. The van der Waals surface area contributed by atoms with Gasteiger partial charge in [-0.1, -0.05) is 12.1 Å². The average Bonchev–Trinajstić information content (AvgIpc) is 3.00. The van der Waals surface area contributed by atoms with E-state index in [0.717, 1.165) is 24.5 Å². The lowest BCUT2D eigenvalue weighted by atomic mass is 10.1. The summed E-state index contributed by atoms with van der Waals surface area (Å²) in [7, 11) is 0. The summed E-state index contributed by atoms with van der Waals surface area (Å²) in [6.07, 6.45) is 5.63. The molecule has 0 atom stereocenters. The maximum Gasteiger partial charge on any atom is 0.143 e. The highest BCUT2D eigenvalue weighted by Crippen LogP contribution is 2.30. The second-order valence-electron chi connectivity index (χ2n) is 4.70. The molecule has 0 aliphatic carbocycles. The third-order valence-corrected chi connectivity index (χ3v) is 3.86. The Labute approximate surface area is 117 Å². The molecule has 0 radical (unpaired) electrons. The van der Waals surface area contributed by atoms with Crippen LogP contribution in [-0.2, 0) is 6.61 Å². The maximum absolute atomic E-state index is 5.90. The van der Waals surface area contributed by atoms with E-state index in [2.05, 4.69) is 25.8 Å². The molecule has 0 spiro atoms. The third kappa shape index (κ3) is 3.04. The molecule has 1 aliphatic rings. The number of hydrogen-bond donors (Lipinski definition) is 0. The van der Waals surface area contributed by atoms with Crippen molar-refractivity contribution in [3.05, 3.63) is 36.2 Å². The van der Waals surface area contributed by atoms with Gasteiger partial charge in [0.1, 0.15) is 18.1 Å². The Balaban J connectivity index is 1.73. The first kappa shape index (κ1) is 12.4. The van der Waals surface area contributed by atoms with Crippen molar-refractivity contribution in [2.75, 3.05) is 18.0 Å². The number of ether oxygens (including phenoxy) is 1. The van der Waals surface area contributed by atoms with Gasteiger partial charge in [-0.2, -0.15) is 8.75 Å². The molecule has 0 bridgehead atoms. The number of hydrogen-bond acceptors (Lipinski definition) is 5. The van der Waals surface area contributed by atoms with E-state index in [1.807, 2.05) is 12.1 Å². The smallest absolute Gasteiger partial charge is 0.143 e. The van der Waals surface area contributed by atoms with Crippen LogP contribution in [-0.4, -0.2) is 21.8 Å². The van der Waals surface area contributed by atoms with E-state index in [1.165, 1.54) is 36.7 Å². The molecule has 1 fully saturated rings. The van der Waals surface area contributed by atoms with Crippen LogP contribution in [0.2, 0.25) is 0 Å². The zero-order valence-electron chi connectivity index (χ0n) is 10.8. The van der Waals surface area contributed by atoms with Gasteiger partial charge in [0.15, 0.2) is 0 Å². The molecule has 0 amide bonds. The molecular weight excluding hydrogens is 258 g/mol. The van der Waals surface area contributed by atoms with Crippen molar-refractivity contribution in [3.63, 3.8) is 0 Å². The quantitative estimate of drug-likeness (QED) is 0.859. The molecule has 4 nitrogen and oxygen atoms in total. The summed E-state index contributed by atoms with van der Waals surface area (Å²) < 4.78 is 14.0. The topological polar surface area (TPSA) is 38.2 Å². The van der Waals surface area contributed by atoms with Crippen molar-refractivity contribution in [2.45, 2.75) is 25.9 Å². The van der Waals surface area contributed by atoms with Gasteiger partial charge >= 0.3 is 0 Å². The fraction of sp³-hybridized carbons (Fsp3) is 0.429. The van der Waals surface area contributed by atoms with Crippen LogP contribution in [0, 0.1) is 0 Å². The summed E-state index contributed by atoms with van der Waals surface area (Å²) >= 11 is 1.22. The van der Waals surface area contributed by atoms with Gasteiger partial charge in [-0.15, -0.1) is 0 Å². The number of anilines is 1. The average molecular weight is 275 g/mol. The van der Waals surface area contributed by atoms with E-state index in [9.17, 15) is 0 Å². The number of nitrogens with zero attached hydrogens (tertiary/aromatic N) is 3. The number of para-hydroxylation sites is 2. The van der Waals surface area contributed by atoms with Gasteiger partial charge in [0.25, 0.3) is 0 Å². The van der Waals surface area contributed by atoms with Gasteiger partial charge in [0.05, 0.1) is 23.6 Å². The number of rotatable bonds is 4. The summed E-state index contributed by atoms with van der Waals surface area (Å²) in [5, 5.41) is 0. The van der Waals surface area contributed by atoms with Crippen molar-refractivity contribution >= 4 is 17.4 Å².